The molecular formula is C21H22N2O3. The van der Waals surface area contributed by atoms with Crippen molar-refractivity contribution in [3.05, 3.63) is 71.3 Å². The van der Waals surface area contributed by atoms with Crippen LogP contribution in [-0.4, -0.2) is 35.2 Å². The number of hydrogen-bond donors (Lipinski definition) is 1. The number of rotatable bonds is 6. The van der Waals surface area contributed by atoms with Gasteiger partial charge >= 0.3 is 0 Å². The van der Waals surface area contributed by atoms with E-state index in [1.165, 1.54) is 0 Å². The first-order valence-corrected chi connectivity index (χ1v) is 8.79. The van der Waals surface area contributed by atoms with Gasteiger partial charge in [0.1, 0.15) is 6.04 Å². The van der Waals surface area contributed by atoms with Crippen LogP contribution < -0.4 is 5.32 Å². The monoisotopic (exact) mass is 350 g/mol. The van der Waals surface area contributed by atoms with E-state index >= 15 is 0 Å². The third kappa shape index (κ3) is 3.38. The summed E-state index contributed by atoms with van der Waals surface area (Å²) in [6.45, 7) is 4.13. The number of imide groups is 1. The van der Waals surface area contributed by atoms with Crippen LogP contribution in [0.2, 0.25) is 0 Å². The molecule has 0 spiro atoms. The van der Waals surface area contributed by atoms with Crippen molar-refractivity contribution in [1.29, 1.82) is 0 Å². The van der Waals surface area contributed by atoms with Crippen molar-refractivity contribution in [3.63, 3.8) is 0 Å². The van der Waals surface area contributed by atoms with E-state index < -0.39 is 17.9 Å². The molecule has 0 bridgehead atoms. The Hall–Kier alpha value is -2.95. The van der Waals surface area contributed by atoms with Crippen LogP contribution in [0.15, 0.2) is 54.6 Å². The lowest BCUT2D eigenvalue weighted by atomic mass is 10.0. The van der Waals surface area contributed by atoms with Gasteiger partial charge in [-0.15, -0.1) is 0 Å². The second kappa shape index (κ2) is 7.52. The van der Waals surface area contributed by atoms with E-state index in [1.54, 1.807) is 24.3 Å². The summed E-state index contributed by atoms with van der Waals surface area (Å²) in [4.78, 5) is 39.2. The Balaban J connectivity index is 1.72. The first-order valence-electron chi connectivity index (χ1n) is 8.79. The number of fused-ring (bicyclic) bond motifs is 1. The van der Waals surface area contributed by atoms with Gasteiger partial charge < -0.3 is 5.32 Å². The van der Waals surface area contributed by atoms with E-state index in [2.05, 4.69) is 5.32 Å². The van der Waals surface area contributed by atoms with Crippen LogP contribution in [0.5, 0.6) is 0 Å². The molecule has 0 saturated heterocycles. The molecule has 2 aromatic rings. The lowest BCUT2D eigenvalue weighted by Gasteiger charge is -2.28. The minimum Gasteiger partial charge on any atom is -0.354 e. The minimum absolute atomic E-state index is 0.186. The molecule has 26 heavy (non-hydrogen) atoms. The van der Waals surface area contributed by atoms with Crippen LogP contribution in [0.4, 0.5) is 0 Å². The van der Waals surface area contributed by atoms with E-state index in [-0.39, 0.29) is 11.8 Å². The molecule has 1 aliphatic rings. The fourth-order valence-corrected chi connectivity index (χ4v) is 3.26. The highest BCUT2D eigenvalue weighted by Gasteiger charge is 2.43. The number of carbonyl (C=O) groups is 3. The second-order valence-corrected chi connectivity index (χ2v) is 6.74. The summed E-state index contributed by atoms with van der Waals surface area (Å²) in [5.74, 6) is -1.29. The maximum atomic E-state index is 12.7. The lowest BCUT2D eigenvalue weighted by molar-refractivity contribution is -0.126. The average Bonchev–Trinajstić information content (AvgIpc) is 2.88. The Kier molecular flexibility index (Phi) is 5.16. The van der Waals surface area contributed by atoms with Gasteiger partial charge in [-0.25, -0.2) is 0 Å². The van der Waals surface area contributed by atoms with Crippen LogP contribution in [0, 0.1) is 5.92 Å². The second-order valence-electron chi connectivity index (χ2n) is 6.74. The van der Waals surface area contributed by atoms with E-state index in [0.717, 1.165) is 10.5 Å². The maximum Gasteiger partial charge on any atom is 0.262 e. The maximum absolute atomic E-state index is 12.7. The van der Waals surface area contributed by atoms with Gasteiger partial charge in [0.05, 0.1) is 11.1 Å². The molecule has 2 aromatic carbocycles. The molecule has 1 heterocycles. The molecule has 0 fully saturated rings. The smallest absolute Gasteiger partial charge is 0.262 e. The quantitative estimate of drug-likeness (QED) is 0.815. The first-order chi connectivity index (χ1) is 12.5. The summed E-state index contributed by atoms with van der Waals surface area (Å²) in [5, 5.41) is 2.87. The highest BCUT2D eigenvalue weighted by molar-refractivity contribution is 6.22. The Morgan fingerprint density at radius 1 is 0.923 bits per heavy atom. The van der Waals surface area contributed by atoms with Gasteiger partial charge in [-0.1, -0.05) is 56.3 Å². The molecule has 1 N–H and O–H groups in total. The van der Waals surface area contributed by atoms with Crippen molar-refractivity contribution < 1.29 is 14.4 Å². The van der Waals surface area contributed by atoms with Crippen molar-refractivity contribution in [2.75, 3.05) is 6.54 Å². The molecule has 1 aliphatic heterocycles. The van der Waals surface area contributed by atoms with Crippen molar-refractivity contribution in [3.8, 4) is 0 Å². The third-order valence-corrected chi connectivity index (χ3v) is 4.56. The van der Waals surface area contributed by atoms with Crippen LogP contribution in [0.25, 0.3) is 0 Å². The molecule has 3 amide bonds. The zero-order chi connectivity index (χ0) is 18.7. The molecule has 1 unspecified atom stereocenters. The third-order valence-electron chi connectivity index (χ3n) is 4.56. The van der Waals surface area contributed by atoms with Gasteiger partial charge in [0.15, 0.2) is 0 Å². The normalized spacial score (nSPS) is 14.5. The molecule has 0 radical (unpaired) electrons. The molecule has 0 saturated carbocycles. The zero-order valence-electron chi connectivity index (χ0n) is 14.9. The summed E-state index contributed by atoms with van der Waals surface area (Å²) < 4.78 is 0. The molecule has 5 nitrogen and oxygen atoms in total. The Morgan fingerprint density at radius 3 is 2.00 bits per heavy atom. The largest absolute Gasteiger partial charge is 0.354 e. The van der Waals surface area contributed by atoms with Gasteiger partial charge in [-0.05, 0) is 30.0 Å². The lowest BCUT2D eigenvalue weighted by Crippen LogP contribution is -2.52. The van der Waals surface area contributed by atoms with Crippen LogP contribution >= 0.6 is 0 Å². The summed E-state index contributed by atoms with van der Waals surface area (Å²) >= 11 is 0. The number of amides is 3. The minimum atomic E-state index is -0.821. The molecule has 134 valence electrons. The number of carbonyl (C=O) groups excluding carboxylic acids is 3. The number of nitrogens with zero attached hydrogens (tertiary/aromatic N) is 1. The predicted molar refractivity (Wildman–Crippen MR) is 98.7 cm³/mol. The summed E-state index contributed by atoms with van der Waals surface area (Å²) in [6.07, 6.45) is 0.694. The Labute approximate surface area is 153 Å². The molecule has 5 heteroatoms. The van der Waals surface area contributed by atoms with E-state index in [1.807, 2.05) is 44.2 Å². The summed E-state index contributed by atoms with van der Waals surface area (Å²) in [5.41, 5.74) is 1.84. The number of nitrogens with one attached hydrogen (secondary N) is 1. The van der Waals surface area contributed by atoms with E-state index in [4.69, 9.17) is 0 Å². The highest BCUT2D eigenvalue weighted by atomic mass is 16.2. The van der Waals surface area contributed by atoms with Gasteiger partial charge in [-0.2, -0.15) is 0 Å². The summed E-state index contributed by atoms with van der Waals surface area (Å²) in [6, 6.07) is 15.7. The van der Waals surface area contributed by atoms with E-state index in [9.17, 15) is 14.4 Å². The van der Waals surface area contributed by atoms with Gasteiger partial charge in [0.25, 0.3) is 11.8 Å². The number of benzene rings is 2. The zero-order valence-corrected chi connectivity index (χ0v) is 14.9. The highest BCUT2D eigenvalue weighted by Crippen LogP contribution is 2.27. The number of hydrogen-bond acceptors (Lipinski definition) is 3. The van der Waals surface area contributed by atoms with Crippen molar-refractivity contribution in [2.24, 2.45) is 5.92 Å². The van der Waals surface area contributed by atoms with Crippen molar-refractivity contribution >= 4 is 17.7 Å². The van der Waals surface area contributed by atoms with Gasteiger partial charge in [0.2, 0.25) is 5.91 Å². The van der Waals surface area contributed by atoms with Gasteiger partial charge in [-0.3, -0.25) is 19.3 Å². The van der Waals surface area contributed by atoms with Crippen LogP contribution in [-0.2, 0) is 11.2 Å². The van der Waals surface area contributed by atoms with Crippen molar-refractivity contribution in [2.45, 2.75) is 26.3 Å². The Bertz CT molecular complexity index is 795. The van der Waals surface area contributed by atoms with E-state index in [0.29, 0.717) is 24.1 Å². The predicted octanol–water partition coefficient (Wildman–Crippen LogP) is 2.67. The van der Waals surface area contributed by atoms with Crippen LogP contribution in [0.1, 0.15) is 40.1 Å². The fraction of sp³-hybridized carbons (Fsp3) is 0.286. The Morgan fingerprint density at radius 2 is 1.46 bits per heavy atom. The molecule has 1 atom stereocenters. The topological polar surface area (TPSA) is 66.5 Å². The SMILES string of the molecule is CC(C)C(C(=O)NCCc1ccccc1)N1C(=O)c2ccccc2C1=O. The average molecular weight is 350 g/mol. The fourth-order valence-electron chi connectivity index (χ4n) is 3.26. The first kappa shape index (κ1) is 17.9. The molecule has 3 rings (SSSR count). The summed E-state index contributed by atoms with van der Waals surface area (Å²) in [7, 11) is 0. The standard InChI is InChI=1S/C21H22N2O3/c1-14(2)18(19(24)22-13-12-15-8-4-3-5-9-15)23-20(25)16-10-6-7-11-17(16)21(23)26/h3-11,14,18H,12-13H2,1-2H3,(H,22,24). The molecule has 0 aromatic heterocycles. The van der Waals surface area contributed by atoms with Gasteiger partial charge in [0, 0.05) is 6.54 Å². The molecule has 0 aliphatic carbocycles. The molecular weight excluding hydrogens is 328 g/mol. The van der Waals surface area contributed by atoms with Crippen molar-refractivity contribution in [1.82, 2.24) is 10.2 Å². The van der Waals surface area contributed by atoms with Crippen LogP contribution in [0.3, 0.4) is 0 Å².